The first-order valence-corrected chi connectivity index (χ1v) is 6.01. The molecule has 0 bridgehead atoms. The van der Waals surface area contributed by atoms with Gasteiger partial charge in [-0.25, -0.2) is 9.37 Å². The summed E-state index contributed by atoms with van der Waals surface area (Å²) in [5.74, 6) is -0.424. The van der Waals surface area contributed by atoms with Gasteiger partial charge in [0.25, 0.3) is 0 Å². The van der Waals surface area contributed by atoms with Crippen LogP contribution < -0.4 is 5.32 Å². The maximum absolute atomic E-state index is 13.4. The van der Waals surface area contributed by atoms with Crippen LogP contribution in [0.3, 0.4) is 0 Å². The molecule has 4 nitrogen and oxygen atoms in total. The first-order valence-electron chi connectivity index (χ1n) is 5.63. The molecule has 1 heterocycles. The van der Waals surface area contributed by atoms with Crippen molar-refractivity contribution in [2.45, 2.75) is 44.2 Å². The molecule has 1 saturated carbocycles. The fourth-order valence-electron chi connectivity index (χ4n) is 2.23. The SMILES string of the molecule is CC1(O)CCCC(Nc2nc(Cl)ncc2F)C1. The van der Waals surface area contributed by atoms with Gasteiger partial charge in [0, 0.05) is 6.04 Å². The van der Waals surface area contributed by atoms with Crippen LogP contribution in [0.5, 0.6) is 0 Å². The summed E-state index contributed by atoms with van der Waals surface area (Å²) in [5, 5.41) is 12.9. The molecule has 0 aromatic carbocycles. The Morgan fingerprint density at radius 3 is 3.12 bits per heavy atom. The summed E-state index contributed by atoms with van der Waals surface area (Å²) < 4.78 is 13.4. The van der Waals surface area contributed by atoms with E-state index in [0.717, 1.165) is 25.5 Å². The largest absolute Gasteiger partial charge is 0.390 e. The van der Waals surface area contributed by atoms with E-state index in [9.17, 15) is 9.50 Å². The van der Waals surface area contributed by atoms with Crippen molar-refractivity contribution in [1.29, 1.82) is 0 Å². The van der Waals surface area contributed by atoms with Gasteiger partial charge < -0.3 is 10.4 Å². The molecule has 6 heteroatoms. The molecule has 1 aliphatic rings. The van der Waals surface area contributed by atoms with Gasteiger partial charge in [0.2, 0.25) is 5.28 Å². The lowest BCUT2D eigenvalue weighted by molar-refractivity contribution is 0.0182. The number of aliphatic hydroxyl groups is 1. The molecule has 0 aliphatic heterocycles. The lowest BCUT2D eigenvalue weighted by atomic mass is 9.83. The smallest absolute Gasteiger partial charge is 0.224 e. The predicted molar refractivity (Wildman–Crippen MR) is 63.5 cm³/mol. The lowest BCUT2D eigenvalue weighted by Crippen LogP contribution is -2.38. The van der Waals surface area contributed by atoms with Gasteiger partial charge in [0.1, 0.15) is 0 Å². The van der Waals surface area contributed by atoms with Crippen molar-refractivity contribution in [3.8, 4) is 0 Å². The second-order valence-corrected chi connectivity index (χ2v) is 5.11. The number of anilines is 1. The number of aromatic nitrogens is 2. The number of hydrogen-bond donors (Lipinski definition) is 2. The minimum Gasteiger partial charge on any atom is -0.390 e. The summed E-state index contributed by atoms with van der Waals surface area (Å²) in [6.45, 7) is 1.80. The number of nitrogens with zero attached hydrogens (tertiary/aromatic N) is 2. The molecule has 2 atom stereocenters. The van der Waals surface area contributed by atoms with Crippen LogP contribution in [0.4, 0.5) is 10.2 Å². The topological polar surface area (TPSA) is 58.0 Å². The molecule has 2 rings (SSSR count). The number of halogens is 2. The Morgan fingerprint density at radius 1 is 1.65 bits per heavy atom. The fourth-order valence-corrected chi connectivity index (χ4v) is 2.36. The Bertz CT molecular complexity index is 414. The van der Waals surface area contributed by atoms with Crippen molar-refractivity contribution < 1.29 is 9.50 Å². The molecule has 17 heavy (non-hydrogen) atoms. The molecule has 1 aromatic heterocycles. The summed E-state index contributed by atoms with van der Waals surface area (Å²) in [6.07, 6.45) is 4.19. The van der Waals surface area contributed by atoms with Crippen molar-refractivity contribution in [2.75, 3.05) is 5.32 Å². The number of nitrogens with one attached hydrogen (secondary N) is 1. The molecule has 0 saturated heterocycles. The average Bonchev–Trinajstić information content (AvgIpc) is 2.22. The normalized spacial score (nSPS) is 29.1. The molecule has 94 valence electrons. The second-order valence-electron chi connectivity index (χ2n) is 4.77. The summed E-state index contributed by atoms with van der Waals surface area (Å²) in [6, 6.07) is 0.0132. The van der Waals surface area contributed by atoms with Crippen molar-refractivity contribution in [3.63, 3.8) is 0 Å². The van der Waals surface area contributed by atoms with Crippen LogP contribution in [0.25, 0.3) is 0 Å². The van der Waals surface area contributed by atoms with Gasteiger partial charge in [-0.05, 0) is 44.2 Å². The zero-order valence-corrected chi connectivity index (χ0v) is 10.3. The van der Waals surface area contributed by atoms with Crippen LogP contribution >= 0.6 is 11.6 Å². The molecule has 0 spiro atoms. The zero-order valence-electron chi connectivity index (χ0n) is 9.58. The third-order valence-corrected chi connectivity index (χ3v) is 3.19. The minimum absolute atomic E-state index is 0.0106. The van der Waals surface area contributed by atoms with Crippen molar-refractivity contribution in [1.82, 2.24) is 9.97 Å². The highest BCUT2D eigenvalue weighted by Crippen LogP contribution is 2.29. The summed E-state index contributed by atoms with van der Waals surface area (Å²) >= 11 is 5.61. The Balaban J connectivity index is 2.07. The van der Waals surface area contributed by atoms with E-state index in [4.69, 9.17) is 11.6 Å². The molecule has 0 amide bonds. The fraction of sp³-hybridized carbons (Fsp3) is 0.636. The highest BCUT2D eigenvalue weighted by atomic mass is 35.5. The monoisotopic (exact) mass is 259 g/mol. The zero-order chi connectivity index (χ0) is 12.5. The minimum atomic E-state index is -0.691. The van der Waals surface area contributed by atoms with Crippen LogP contribution in [-0.2, 0) is 0 Å². The third-order valence-electron chi connectivity index (χ3n) is 3.01. The van der Waals surface area contributed by atoms with E-state index in [-0.39, 0.29) is 17.1 Å². The average molecular weight is 260 g/mol. The summed E-state index contributed by atoms with van der Waals surface area (Å²) in [5.41, 5.74) is -0.691. The standard InChI is InChI=1S/C11H15ClFN3O/c1-11(17)4-2-3-7(5-11)15-9-8(13)6-14-10(12)16-9/h6-7,17H,2-5H2,1H3,(H,14,15,16). The maximum atomic E-state index is 13.4. The van der Waals surface area contributed by atoms with Gasteiger partial charge in [0.05, 0.1) is 11.8 Å². The Morgan fingerprint density at radius 2 is 2.41 bits per heavy atom. The van der Waals surface area contributed by atoms with Crippen molar-refractivity contribution in [2.24, 2.45) is 0 Å². The second kappa shape index (κ2) is 4.74. The van der Waals surface area contributed by atoms with Crippen molar-refractivity contribution in [3.05, 3.63) is 17.3 Å². The van der Waals surface area contributed by atoms with Crippen LogP contribution in [-0.4, -0.2) is 26.7 Å². The van der Waals surface area contributed by atoms with Gasteiger partial charge in [-0.2, -0.15) is 4.98 Å². The molecule has 2 N–H and O–H groups in total. The van der Waals surface area contributed by atoms with Crippen LogP contribution in [0.15, 0.2) is 6.20 Å². The van der Waals surface area contributed by atoms with E-state index >= 15 is 0 Å². The first kappa shape index (κ1) is 12.5. The van der Waals surface area contributed by atoms with Gasteiger partial charge >= 0.3 is 0 Å². The number of rotatable bonds is 2. The number of hydrogen-bond acceptors (Lipinski definition) is 4. The van der Waals surface area contributed by atoms with Gasteiger partial charge in [-0.15, -0.1) is 0 Å². The van der Waals surface area contributed by atoms with E-state index in [0.29, 0.717) is 6.42 Å². The van der Waals surface area contributed by atoms with E-state index in [1.54, 1.807) is 6.92 Å². The Hall–Kier alpha value is -0.940. The van der Waals surface area contributed by atoms with Gasteiger partial charge in [0.15, 0.2) is 11.6 Å². The van der Waals surface area contributed by atoms with E-state index in [2.05, 4.69) is 15.3 Å². The predicted octanol–water partition coefficient (Wildman–Crippen LogP) is 2.37. The molecular formula is C11H15ClFN3O. The highest BCUT2D eigenvalue weighted by molar-refractivity contribution is 6.28. The van der Waals surface area contributed by atoms with Crippen LogP contribution in [0, 0.1) is 5.82 Å². The molecule has 1 aliphatic carbocycles. The molecule has 0 radical (unpaired) electrons. The first-order chi connectivity index (χ1) is 7.96. The summed E-state index contributed by atoms with van der Waals surface area (Å²) in [7, 11) is 0. The molecular weight excluding hydrogens is 245 g/mol. The van der Waals surface area contributed by atoms with Crippen LogP contribution in [0.2, 0.25) is 5.28 Å². The Labute approximate surface area is 104 Å². The third kappa shape index (κ3) is 3.26. The quantitative estimate of drug-likeness (QED) is 0.801. The van der Waals surface area contributed by atoms with E-state index < -0.39 is 11.4 Å². The Kier molecular flexibility index (Phi) is 3.49. The summed E-state index contributed by atoms with van der Waals surface area (Å²) in [4.78, 5) is 7.35. The lowest BCUT2D eigenvalue weighted by Gasteiger charge is -2.34. The highest BCUT2D eigenvalue weighted by Gasteiger charge is 2.30. The molecule has 1 aromatic rings. The van der Waals surface area contributed by atoms with Crippen molar-refractivity contribution >= 4 is 17.4 Å². The van der Waals surface area contributed by atoms with Crippen LogP contribution in [0.1, 0.15) is 32.6 Å². The van der Waals surface area contributed by atoms with Gasteiger partial charge in [-0.3, -0.25) is 0 Å². The maximum Gasteiger partial charge on any atom is 0.224 e. The molecule has 1 fully saturated rings. The van der Waals surface area contributed by atoms with E-state index in [1.807, 2.05) is 0 Å². The molecule has 2 unspecified atom stereocenters. The van der Waals surface area contributed by atoms with Gasteiger partial charge in [-0.1, -0.05) is 0 Å². The van der Waals surface area contributed by atoms with E-state index in [1.165, 1.54) is 0 Å².